The number of benzene rings is 2. The number of ketones is 1. The minimum atomic E-state index is -0.397. The third-order valence-electron chi connectivity index (χ3n) is 5.27. The number of aliphatic hydroxyl groups excluding tert-OH is 1. The van der Waals surface area contributed by atoms with Gasteiger partial charge in [0.1, 0.15) is 5.76 Å². The van der Waals surface area contributed by atoms with Crippen LogP contribution in [0.15, 0.2) is 60.4 Å². The first-order valence-corrected chi connectivity index (χ1v) is 8.87. The van der Waals surface area contributed by atoms with E-state index in [0.29, 0.717) is 6.42 Å². The van der Waals surface area contributed by atoms with Gasteiger partial charge in [0, 0.05) is 23.3 Å². The predicted molar refractivity (Wildman–Crippen MR) is 103 cm³/mol. The Kier molecular flexibility index (Phi) is 4.32. The van der Waals surface area contributed by atoms with Gasteiger partial charge in [-0.25, -0.2) is 0 Å². The molecule has 1 aliphatic rings. The molecule has 0 atom stereocenters. The Labute approximate surface area is 150 Å². The van der Waals surface area contributed by atoms with E-state index in [1.165, 1.54) is 28.3 Å². The van der Waals surface area contributed by atoms with Gasteiger partial charge in [-0.1, -0.05) is 76.2 Å². The molecule has 3 rings (SSSR count). The number of allylic oxidation sites excluding steroid dienone is 2. The average molecular weight is 334 g/mol. The number of hydrogen-bond acceptors (Lipinski definition) is 2. The van der Waals surface area contributed by atoms with E-state index in [1.807, 2.05) is 20.8 Å². The van der Waals surface area contributed by atoms with Gasteiger partial charge in [0.25, 0.3) is 0 Å². The second-order valence-electron chi connectivity index (χ2n) is 8.17. The minimum absolute atomic E-state index is 0.0180. The molecule has 0 saturated heterocycles. The van der Waals surface area contributed by atoms with Crippen molar-refractivity contribution in [2.45, 2.75) is 46.0 Å². The molecule has 2 nitrogen and oxygen atoms in total. The van der Waals surface area contributed by atoms with E-state index in [-0.39, 0.29) is 17.0 Å². The van der Waals surface area contributed by atoms with Gasteiger partial charge in [0.2, 0.25) is 0 Å². The molecular formula is C23H26O2. The lowest BCUT2D eigenvalue weighted by Crippen LogP contribution is -2.22. The molecule has 2 heteroatoms. The zero-order chi connectivity index (χ0) is 18.2. The maximum atomic E-state index is 12.4. The molecule has 0 saturated carbocycles. The highest BCUT2D eigenvalue weighted by atomic mass is 16.3. The quantitative estimate of drug-likeness (QED) is 0.566. The molecule has 2 aromatic rings. The summed E-state index contributed by atoms with van der Waals surface area (Å²) in [6.45, 7) is 7.92. The number of hydrogen-bond donors (Lipinski definition) is 1. The maximum absolute atomic E-state index is 12.4. The summed E-state index contributed by atoms with van der Waals surface area (Å²) in [6, 6.07) is 16.9. The molecule has 0 spiro atoms. The molecule has 0 aromatic heterocycles. The van der Waals surface area contributed by atoms with Crippen molar-refractivity contribution in [2.24, 2.45) is 5.41 Å². The average Bonchev–Trinajstić information content (AvgIpc) is 2.83. The van der Waals surface area contributed by atoms with Gasteiger partial charge in [0.15, 0.2) is 5.78 Å². The molecule has 0 bridgehead atoms. The minimum Gasteiger partial charge on any atom is -0.512 e. The second kappa shape index (κ2) is 6.18. The van der Waals surface area contributed by atoms with Crippen molar-refractivity contribution in [3.05, 3.63) is 71.5 Å². The predicted octanol–water partition coefficient (Wildman–Crippen LogP) is 5.81. The number of fused-ring (bicyclic) bond motifs is 3. The molecule has 25 heavy (non-hydrogen) atoms. The van der Waals surface area contributed by atoms with E-state index in [0.717, 1.165) is 6.42 Å². The molecular weight excluding hydrogens is 308 g/mol. The van der Waals surface area contributed by atoms with Crippen molar-refractivity contribution >= 4 is 5.78 Å². The summed E-state index contributed by atoms with van der Waals surface area (Å²) < 4.78 is 0. The summed E-state index contributed by atoms with van der Waals surface area (Å²) >= 11 is 0. The lowest BCUT2D eigenvalue weighted by atomic mass is 9.76. The van der Waals surface area contributed by atoms with E-state index in [9.17, 15) is 9.90 Å². The summed E-state index contributed by atoms with van der Waals surface area (Å²) in [5.74, 6) is 0.130. The van der Waals surface area contributed by atoms with Crippen LogP contribution in [-0.2, 0) is 10.2 Å². The van der Waals surface area contributed by atoms with Crippen LogP contribution >= 0.6 is 0 Å². The van der Waals surface area contributed by atoms with Crippen molar-refractivity contribution in [1.29, 1.82) is 0 Å². The topological polar surface area (TPSA) is 37.3 Å². The summed E-state index contributed by atoms with van der Waals surface area (Å²) in [5.41, 5.74) is 4.53. The molecule has 1 aliphatic carbocycles. The summed E-state index contributed by atoms with van der Waals surface area (Å²) in [5, 5.41) is 10.1. The highest BCUT2D eigenvalue weighted by Gasteiger charge is 2.38. The Hall–Kier alpha value is -2.35. The third-order valence-corrected chi connectivity index (χ3v) is 5.27. The third kappa shape index (κ3) is 3.13. The molecule has 2 aromatic carbocycles. The van der Waals surface area contributed by atoms with Crippen LogP contribution in [0.2, 0.25) is 0 Å². The Bertz CT molecular complexity index is 792. The molecule has 130 valence electrons. The number of rotatable bonds is 4. The van der Waals surface area contributed by atoms with E-state index < -0.39 is 5.41 Å². The van der Waals surface area contributed by atoms with Crippen LogP contribution in [0.5, 0.6) is 0 Å². The Morgan fingerprint density at radius 2 is 1.48 bits per heavy atom. The first kappa shape index (κ1) is 17.5. The number of carbonyl (C=O) groups is 1. The van der Waals surface area contributed by atoms with Crippen LogP contribution < -0.4 is 0 Å². The molecule has 0 fully saturated rings. The van der Waals surface area contributed by atoms with E-state index in [2.05, 4.69) is 55.5 Å². The maximum Gasteiger partial charge on any atom is 0.159 e. The fourth-order valence-electron chi connectivity index (χ4n) is 3.63. The van der Waals surface area contributed by atoms with Crippen molar-refractivity contribution in [3.8, 4) is 11.1 Å². The highest BCUT2D eigenvalue weighted by Crippen LogP contribution is 2.50. The van der Waals surface area contributed by atoms with Crippen LogP contribution in [0.1, 0.15) is 51.7 Å². The van der Waals surface area contributed by atoms with Gasteiger partial charge in [0.05, 0.1) is 0 Å². The fraction of sp³-hybridized carbons (Fsp3) is 0.348. The SMILES string of the molecule is CC(C)(C)/C(O)=C/C(=O)CCC1(C)c2ccccc2-c2ccccc21. The largest absolute Gasteiger partial charge is 0.512 e. The highest BCUT2D eigenvalue weighted by molar-refractivity contribution is 5.90. The molecule has 0 heterocycles. The van der Waals surface area contributed by atoms with Crippen molar-refractivity contribution < 1.29 is 9.90 Å². The molecule has 0 amide bonds. The summed E-state index contributed by atoms with van der Waals surface area (Å²) in [7, 11) is 0. The van der Waals surface area contributed by atoms with Gasteiger partial charge >= 0.3 is 0 Å². The van der Waals surface area contributed by atoms with Crippen LogP contribution in [0.4, 0.5) is 0 Å². The first-order valence-electron chi connectivity index (χ1n) is 8.87. The lowest BCUT2D eigenvalue weighted by Gasteiger charge is -2.27. The van der Waals surface area contributed by atoms with Crippen molar-refractivity contribution in [1.82, 2.24) is 0 Å². The zero-order valence-corrected chi connectivity index (χ0v) is 15.5. The van der Waals surface area contributed by atoms with Crippen LogP contribution in [0.3, 0.4) is 0 Å². The molecule has 0 unspecified atom stereocenters. The van der Waals surface area contributed by atoms with Gasteiger partial charge in [-0.2, -0.15) is 0 Å². The molecule has 0 aliphatic heterocycles. The van der Waals surface area contributed by atoms with Crippen molar-refractivity contribution in [2.75, 3.05) is 0 Å². The monoisotopic (exact) mass is 334 g/mol. The standard InChI is InChI=1S/C23H26O2/c1-22(2,3)21(25)15-16(24)13-14-23(4)19-11-7-5-9-17(19)18-10-6-8-12-20(18)23/h5-12,15,25H,13-14H2,1-4H3/b21-15-. The summed E-state index contributed by atoms with van der Waals surface area (Å²) in [4.78, 5) is 12.4. The van der Waals surface area contributed by atoms with Gasteiger partial charge < -0.3 is 5.11 Å². The Morgan fingerprint density at radius 3 is 1.96 bits per heavy atom. The fourth-order valence-corrected chi connectivity index (χ4v) is 3.63. The molecule has 1 N–H and O–H groups in total. The van der Waals surface area contributed by atoms with E-state index in [1.54, 1.807) is 0 Å². The Balaban J connectivity index is 1.89. The van der Waals surface area contributed by atoms with Crippen molar-refractivity contribution in [3.63, 3.8) is 0 Å². The van der Waals surface area contributed by atoms with E-state index in [4.69, 9.17) is 0 Å². The van der Waals surface area contributed by atoms with Gasteiger partial charge in [-0.3, -0.25) is 4.79 Å². The number of aliphatic hydroxyl groups is 1. The number of carbonyl (C=O) groups excluding carboxylic acids is 1. The second-order valence-corrected chi connectivity index (χ2v) is 8.17. The van der Waals surface area contributed by atoms with Crippen LogP contribution in [0, 0.1) is 5.41 Å². The zero-order valence-electron chi connectivity index (χ0n) is 15.5. The summed E-state index contributed by atoms with van der Waals surface area (Å²) in [6.07, 6.45) is 2.54. The normalized spacial score (nSPS) is 15.6. The lowest BCUT2D eigenvalue weighted by molar-refractivity contribution is -0.115. The first-order chi connectivity index (χ1) is 11.7. The van der Waals surface area contributed by atoms with Crippen LogP contribution in [-0.4, -0.2) is 10.9 Å². The smallest absolute Gasteiger partial charge is 0.159 e. The van der Waals surface area contributed by atoms with Gasteiger partial charge in [-0.05, 0) is 28.7 Å². The molecule has 0 radical (unpaired) electrons. The van der Waals surface area contributed by atoms with Gasteiger partial charge in [-0.15, -0.1) is 0 Å². The Morgan fingerprint density at radius 1 is 1.00 bits per heavy atom. The van der Waals surface area contributed by atoms with Crippen LogP contribution in [0.25, 0.3) is 11.1 Å². The van der Waals surface area contributed by atoms with E-state index >= 15 is 0 Å².